The first-order valence-corrected chi connectivity index (χ1v) is 9.44. The summed E-state index contributed by atoms with van der Waals surface area (Å²) in [6, 6.07) is 13.5. The predicted octanol–water partition coefficient (Wildman–Crippen LogP) is 4.33. The smallest absolute Gasteiger partial charge is 0.290 e. The minimum absolute atomic E-state index is 0.102. The Morgan fingerprint density at radius 1 is 1.07 bits per heavy atom. The molecule has 5 rings (SSSR count). The van der Waals surface area contributed by atoms with Crippen molar-refractivity contribution < 1.29 is 9.21 Å². The van der Waals surface area contributed by atoms with Gasteiger partial charge in [0.25, 0.3) is 5.91 Å². The summed E-state index contributed by atoms with van der Waals surface area (Å²) < 4.78 is 9.91. The number of rotatable bonds is 2. The summed E-state index contributed by atoms with van der Waals surface area (Å²) in [5.74, 6) is 1.29. The molecule has 0 fully saturated rings. The molecule has 0 saturated carbocycles. The molecule has 0 spiro atoms. The van der Waals surface area contributed by atoms with Gasteiger partial charge in [-0.05, 0) is 45.0 Å². The molecule has 0 aliphatic carbocycles. The fraction of sp³-hybridized carbons (Fsp3) is 0.273. The highest BCUT2D eigenvalue weighted by atomic mass is 16.3. The fourth-order valence-electron chi connectivity index (χ4n) is 3.80. The number of para-hydroxylation sites is 1. The molecule has 1 amide bonds. The van der Waals surface area contributed by atoms with Crippen molar-refractivity contribution in [2.75, 3.05) is 0 Å². The lowest BCUT2D eigenvalue weighted by Gasteiger charge is -2.24. The lowest BCUT2D eigenvalue weighted by molar-refractivity contribution is 0.0718. The maximum absolute atomic E-state index is 13.1. The summed E-state index contributed by atoms with van der Waals surface area (Å²) in [6.07, 6.45) is 4.03. The summed E-state index contributed by atoms with van der Waals surface area (Å²) in [5.41, 5.74) is 2.62. The molecule has 0 bridgehead atoms. The Balaban J connectivity index is 1.51. The Morgan fingerprint density at radius 3 is 2.54 bits per heavy atom. The number of benzene rings is 1. The van der Waals surface area contributed by atoms with E-state index in [0.29, 0.717) is 18.8 Å². The van der Waals surface area contributed by atoms with Crippen LogP contribution in [0.25, 0.3) is 16.8 Å². The monoisotopic (exact) mass is 374 g/mol. The zero-order valence-corrected chi connectivity index (χ0v) is 16.2. The first-order valence-electron chi connectivity index (χ1n) is 9.44. The van der Waals surface area contributed by atoms with E-state index >= 15 is 0 Å². The number of amides is 1. The van der Waals surface area contributed by atoms with E-state index in [2.05, 4.69) is 30.0 Å². The number of carbonyl (C=O) groups is 1. The highest BCUT2D eigenvalue weighted by molar-refractivity contribution is 5.96. The van der Waals surface area contributed by atoms with Gasteiger partial charge in [0.2, 0.25) is 0 Å². The second-order valence-electron chi connectivity index (χ2n) is 8.23. The molecule has 0 atom stereocenters. The zero-order valence-electron chi connectivity index (χ0n) is 16.2. The predicted molar refractivity (Wildman–Crippen MR) is 106 cm³/mol. The second kappa shape index (κ2) is 5.86. The van der Waals surface area contributed by atoms with E-state index in [1.165, 1.54) is 0 Å². The van der Waals surface area contributed by atoms with Crippen molar-refractivity contribution >= 4 is 16.9 Å². The molecule has 1 aromatic carbocycles. The molecule has 28 heavy (non-hydrogen) atoms. The van der Waals surface area contributed by atoms with Crippen molar-refractivity contribution in [3.8, 4) is 5.82 Å². The van der Waals surface area contributed by atoms with Gasteiger partial charge in [-0.15, -0.1) is 0 Å². The first kappa shape index (κ1) is 16.9. The van der Waals surface area contributed by atoms with Crippen molar-refractivity contribution in [2.24, 2.45) is 0 Å². The average Bonchev–Trinajstić information content (AvgIpc) is 3.40. The normalized spacial score (nSPS) is 14.0. The molecule has 142 valence electrons. The number of hydrogen-bond donors (Lipinski definition) is 0. The highest BCUT2D eigenvalue weighted by Crippen LogP contribution is 2.33. The van der Waals surface area contributed by atoms with Crippen molar-refractivity contribution in [3.05, 3.63) is 71.9 Å². The zero-order chi connectivity index (χ0) is 19.5. The van der Waals surface area contributed by atoms with Gasteiger partial charge in [-0.2, -0.15) is 5.10 Å². The molecule has 4 aromatic rings. The Morgan fingerprint density at radius 2 is 1.82 bits per heavy atom. The molecule has 0 N–H and O–H groups in total. The van der Waals surface area contributed by atoms with Crippen molar-refractivity contribution in [1.82, 2.24) is 19.2 Å². The number of hydrogen-bond acceptors (Lipinski definition) is 3. The molecule has 6 heteroatoms. The molecule has 0 unspecified atom stereocenters. The van der Waals surface area contributed by atoms with Gasteiger partial charge in [0, 0.05) is 23.3 Å². The fourth-order valence-corrected chi connectivity index (χ4v) is 3.80. The van der Waals surface area contributed by atoms with E-state index < -0.39 is 0 Å². The summed E-state index contributed by atoms with van der Waals surface area (Å²) in [6.45, 7) is 7.43. The first-order chi connectivity index (χ1) is 13.4. The van der Waals surface area contributed by atoms with Crippen LogP contribution in [-0.2, 0) is 18.6 Å². The number of aromatic nitrogens is 3. The number of nitrogens with zero attached hydrogens (tertiary/aromatic N) is 4. The van der Waals surface area contributed by atoms with Crippen LogP contribution in [0.2, 0.25) is 0 Å². The Labute approximate surface area is 163 Å². The summed E-state index contributed by atoms with van der Waals surface area (Å²) >= 11 is 0. The van der Waals surface area contributed by atoms with E-state index in [9.17, 15) is 4.79 Å². The topological polar surface area (TPSA) is 56.2 Å². The molecule has 4 heterocycles. The van der Waals surface area contributed by atoms with Crippen LogP contribution in [-0.4, -0.2) is 25.2 Å². The SMILES string of the molecule is CC(C)(C)n1nc2c(c1-n1cccc1)CN(C(=O)c1cc3ccccc3o1)C2. The van der Waals surface area contributed by atoms with Gasteiger partial charge in [0.1, 0.15) is 11.4 Å². The summed E-state index contributed by atoms with van der Waals surface area (Å²) in [5, 5.41) is 5.80. The van der Waals surface area contributed by atoms with E-state index in [0.717, 1.165) is 28.0 Å². The van der Waals surface area contributed by atoms with Crippen LogP contribution in [0, 0.1) is 0 Å². The van der Waals surface area contributed by atoms with Crippen LogP contribution in [0.4, 0.5) is 0 Å². The Kier molecular flexibility index (Phi) is 3.53. The minimum atomic E-state index is -0.155. The van der Waals surface area contributed by atoms with Crippen LogP contribution in [0.5, 0.6) is 0 Å². The van der Waals surface area contributed by atoms with Gasteiger partial charge in [-0.3, -0.25) is 4.79 Å². The summed E-state index contributed by atoms with van der Waals surface area (Å²) in [4.78, 5) is 14.9. The maximum Gasteiger partial charge on any atom is 0.290 e. The molecule has 0 radical (unpaired) electrons. The van der Waals surface area contributed by atoms with Crippen LogP contribution in [0.3, 0.4) is 0 Å². The maximum atomic E-state index is 13.1. The quantitative estimate of drug-likeness (QED) is 0.525. The third-order valence-electron chi connectivity index (χ3n) is 5.14. The number of carbonyl (C=O) groups excluding carboxylic acids is 1. The van der Waals surface area contributed by atoms with Crippen molar-refractivity contribution in [3.63, 3.8) is 0 Å². The number of fused-ring (bicyclic) bond motifs is 2. The molecule has 3 aromatic heterocycles. The van der Waals surface area contributed by atoms with E-state index in [4.69, 9.17) is 9.52 Å². The molecule has 1 aliphatic rings. The van der Waals surface area contributed by atoms with Crippen LogP contribution in [0.1, 0.15) is 42.6 Å². The molecular weight excluding hydrogens is 352 g/mol. The van der Waals surface area contributed by atoms with Gasteiger partial charge in [-0.1, -0.05) is 18.2 Å². The van der Waals surface area contributed by atoms with Crippen LogP contribution >= 0.6 is 0 Å². The van der Waals surface area contributed by atoms with Gasteiger partial charge >= 0.3 is 0 Å². The van der Waals surface area contributed by atoms with Crippen LogP contribution in [0.15, 0.2) is 59.3 Å². The third-order valence-corrected chi connectivity index (χ3v) is 5.14. The number of furan rings is 1. The molecule has 1 aliphatic heterocycles. The van der Waals surface area contributed by atoms with Crippen LogP contribution < -0.4 is 0 Å². The lowest BCUT2D eigenvalue weighted by atomic mass is 10.1. The minimum Gasteiger partial charge on any atom is -0.451 e. The highest BCUT2D eigenvalue weighted by Gasteiger charge is 2.34. The lowest BCUT2D eigenvalue weighted by Crippen LogP contribution is -2.29. The van der Waals surface area contributed by atoms with Gasteiger partial charge < -0.3 is 13.9 Å². The Hall–Kier alpha value is -3.28. The second-order valence-corrected chi connectivity index (χ2v) is 8.23. The molecule has 6 nitrogen and oxygen atoms in total. The van der Waals surface area contributed by atoms with Gasteiger partial charge in [0.05, 0.1) is 24.3 Å². The average molecular weight is 374 g/mol. The van der Waals surface area contributed by atoms with E-state index in [-0.39, 0.29) is 11.4 Å². The standard InChI is InChI=1S/C22H22N4O2/c1-22(2,3)26-20(24-10-6-7-11-24)16-13-25(14-17(16)23-26)21(27)19-12-15-8-4-5-9-18(15)28-19/h4-12H,13-14H2,1-3H3. The third kappa shape index (κ3) is 2.56. The molecule has 0 saturated heterocycles. The van der Waals surface area contributed by atoms with Crippen molar-refractivity contribution in [1.29, 1.82) is 0 Å². The largest absolute Gasteiger partial charge is 0.451 e. The van der Waals surface area contributed by atoms with Crippen molar-refractivity contribution in [2.45, 2.75) is 39.4 Å². The molecular formula is C22H22N4O2. The van der Waals surface area contributed by atoms with E-state index in [1.807, 2.05) is 54.9 Å². The summed E-state index contributed by atoms with van der Waals surface area (Å²) in [7, 11) is 0. The Bertz CT molecular complexity index is 1140. The van der Waals surface area contributed by atoms with Gasteiger partial charge in [0.15, 0.2) is 5.76 Å². The van der Waals surface area contributed by atoms with E-state index in [1.54, 1.807) is 4.90 Å². The van der Waals surface area contributed by atoms with Gasteiger partial charge in [-0.25, -0.2) is 4.68 Å².